The lowest BCUT2D eigenvalue weighted by Gasteiger charge is -2.34. The first kappa shape index (κ1) is 26.8. The maximum atomic E-state index is 13.0. The van der Waals surface area contributed by atoms with Crippen molar-refractivity contribution in [3.05, 3.63) is 35.9 Å². The highest BCUT2D eigenvalue weighted by atomic mass is 16.6. The van der Waals surface area contributed by atoms with Gasteiger partial charge in [0.1, 0.15) is 17.1 Å². The van der Waals surface area contributed by atoms with Gasteiger partial charge in [-0.15, -0.1) is 0 Å². The standard InChI is InChI=1S/C23H33N3O6/c1-22(2,3)31-20(28)25-26(21(29)32-23(4,5)6)18(13-16-11-9-8-10-12-16)14-17(15-24)19(27)30-7/h8-12,17-18H,13-14H2,1-7H3,(H,25,28)/t17?,18-/m1/s1. The molecule has 0 aliphatic carbocycles. The van der Waals surface area contributed by atoms with Crippen LogP contribution in [0.2, 0.25) is 0 Å². The molecule has 0 spiro atoms. The van der Waals surface area contributed by atoms with Crippen molar-refractivity contribution in [2.24, 2.45) is 5.92 Å². The number of nitriles is 1. The number of hydrazine groups is 1. The van der Waals surface area contributed by atoms with Gasteiger partial charge in [0, 0.05) is 0 Å². The van der Waals surface area contributed by atoms with Gasteiger partial charge in [-0.2, -0.15) is 5.26 Å². The first-order valence-corrected chi connectivity index (χ1v) is 10.3. The van der Waals surface area contributed by atoms with Crippen molar-refractivity contribution >= 4 is 18.2 Å². The Balaban J connectivity index is 3.34. The first-order chi connectivity index (χ1) is 14.8. The number of amides is 2. The molecule has 176 valence electrons. The summed E-state index contributed by atoms with van der Waals surface area (Å²) in [5.74, 6) is -1.88. The lowest BCUT2D eigenvalue weighted by molar-refractivity contribution is -0.144. The van der Waals surface area contributed by atoms with E-state index in [0.717, 1.165) is 10.6 Å². The summed E-state index contributed by atoms with van der Waals surface area (Å²) in [5, 5.41) is 10.5. The number of rotatable bonds is 6. The van der Waals surface area contributed by atoms with Crippen molar-refractivity contribution in [3.63, 3.8) is 0 Å². The second-order valence-corrected chi connectivity index (χ2v) is 9.25. The molecule has 0 saturated heterocycles. The van der Waals surface area contributed by atoms with Crippen LogP contribution in [0.15, 0.2) is 30.3 Å². The Hall–Kier alpha value is -3.28. The van der Waals surface area contributed by atoms with Crippen molar-refractivity contribution < 1.29 is 28.6 Å². The number of esters is 1. The molecule has 1 rings (SSSR count). The summed E-state index contributed by atoms with van der Waals surface area (Å²) in [5.41, 5.74) is 1.62. The van der Waals surface area contributed by atoms with Gasteiger partial charge < -0.3 is 14.2 Å². The molecule has 9 heteroatoms. The summed E-state index contributed by atoms with van der Waals surface area (Å²) in [4.78, 5) is 37.6. The molecule has 0 aromatic heterocycles. The molecule has 0 bridgehead atoms. The molecule has 2 amide bonds. The number of nitrogens with zero attached hydrogens (tertiary/aromatic N) is 2. The Labute approximate surface area is 189 Å². The van der Waals surface area contributed by atoms with E-state index in [4.69, 9.17) is 14.2 Å². The molecule has 0 radical (unpaired) electrons. The number of nitrogens with one attached hydrogen (secondary N) is 1. The number of methoxy groups -OCH3 is 1. The van der Waals surface area contributed by atoms with E-state index >= 15 is 0 Å². The smallest absolute Gasteiger partial charge is 0.429 e. The molecule has 1 N–H and O–H groups in total. The van der Waals surface area contributed by atoms with E-state index in [-0.39, 0.29) is 12.8 Å². The summed E-state index contributed by atoms with van der Waals surface area (Å²) < 4.78 is 15.5. The van der Waals surface area contributed by atoms with E-state index in [1.807, 2.05) is 36.4 Å². The minimum Gasteiger partial charge on any atom is -0.468 e. The van der Waals surface area contributed by atoms with Crippen LogP contribution in [0.25, 0.3) is 0 Å². The van der Waals surface area contributed by atoms with E-state index in [2.05, 4.69) is 5.43 Å². The molecule has 0 fully saturated rings. The van der Waals surface area contributed by atoms with Crippen molar-refractivity contribution in [1.29, 1.82) is 5.26 Å². The van der Waals surface area contributed by atoms with Crippen LogP contribution in [0.4, 0.5) is 9.59 Å². The lowest BCUT2D eigenvalue weighted by atomic mass is 9.95. The highest BCUT2D eigenvalue weighted by Gasteiger charge is 2.35. The predicted molar refractivity (Wildman–Crippen MR) is 117 cm³/mol. The lowest BCUT2D eigenvalue weighted by Crippen LogP contribution is -2.55. The predicted octanol–water partition coefficient (Wildman–Crippen LogP) is 3.98. The van der Waals surface area contributed by atoms with Crippen LogP contribution in [0.3, 0.4) is 0 Å². The minimum absolute atomic E-state index is 0.0902. The van der Waals surface area contributed by atoms with Gasteiger partial charge in [0.2, 0.25) is 0 Å². The van der Waals surface area contributed by atoms with E-state index in [0.29, 0.717) is 0 Å². The third-order valence-electron chi connectivity index (χ3n) is 4.03. The summed E-state index contributed by atoms with van der Waals surface area (Å²) >= 11 is 0. The Kier molecular flexibility index (Phi) is 9.51. The van der Waals surface area contributed by atoms with Gasteiger partial charge >= 0.3 is 18.2 Å². The molecule has 0 heterocycles. The van der Waals surface area contributed by atoms with Crippen molar-refractivity contribution in [3.8, 4) is 6.07 Å². The number of carbonyl (C=O) groups excluding carboxylic acids is 3. The molecular weight excluding hydrogens is 414 g/mol. The Bertz CT molecular complexity index is 821. The van der Waals surface area contributed by atoms with Crippen LogP contribution in [-0.2, 0) is 25.4 Å². The number of carbonyl (C=O) groups is 3. The van der Waals surface area contributed by atoms with Crippen LogP contribution in [0, 0.1) is 17.2 Å². The van der Waals surface area contributed by atoms with Crippen molar-refractivity contribution in [2.75, 3.05) is 7.11 Å². The van der Waals surface area contributed by atoms with Gasteiger partial charge in [0.05, 0.1) is 19.2 Å². The van der Waals surface area contributed by atoms with Gasteiger partial charge in [-0.3, -0.25) is 4.79 Å². The van der Waals surface area contributed by atoms with E-state index < -0.39 is 41.3 Å². The first-order valence-electron chi connectivity index (χ1n) is 10.3. The number of ether oxygens (including phenoxy) is 3. The molecule has 1 unspecified atom stereocenters. The summed E-state index contributed by atoms with van der Waals surface area (Å²) in [6.45, 7) is 10.1. The van der Waals surface area contributed by atoms with Gasteiger partial charge in [-0.05, 0) is 59.9 Å². The third kappa shape index (κ3) is 9.69. The molecule has 2 atom stereocenters. The molecule has 1 aromatic rings. The molecule has 0 aliphatic heterocycles. The van der Waals surface area contributed by atoms with Crippen LogP contribution in [-0.4, -0.2) is 47.5 Å². The van der Waals surface area contributed by atoms with Crippen LogP contribution < -0.4 is 5.43 Å². The maximum Gasteiger partial charge on any atom is 0.429 e. The summed E-state index contributed by atoms with van der Waals surface area (Å²) in [7, 11) is 1.18. The second-order valence-electron chi connectivity index (χ2n) is 9.25. The average molecular weight is 448 g/mol. The molecular formula is C23H33N3O6. The number of hydrogen-bond donors (Lipinski definition) is 1. The van der Waals surface area contributed by atoms with Gasteiger partial charge in [-0.25, -0.2) is 20.0 Å². The maximum absolute atomic E-state index is 13.0. The minimum atomic E-state index is -1.15. The fraction of sp³-hybridized carbons (Fsp3) is 0.565. The molecule has 0 aliphatic rings. The molecule has 1 aromatic carbocycles. The Morgan fingerprint density at radius 1 is 1.03 bits per heavy atom. The number of hydrogen-bond acceptors (Lipinski definition) is 7. The van der Waals surface area contributed by atoms with Gasteiger partial charge in [0.15, 0.2) is 0 Å². The van der Waals surface area contributed by atoms with Crippen molar-refractivity contribution in [2.45, 2.75) is 71.6 Å². The Morgan fingerprint density at radius 3 is 2.06 bits per heavy atom. The van der Waals surface area contributed by atoms with Crippen molar-refractivity contribution in [1.82, 2.24) is 10.4 Å². The fourth-order valence-corrected chi connectivity index (χ4v) is 2.78. The zero-order valence-corrected chi connectivity index (χ0v) is 19.8. The van der Waals surface area contributed by atoms with E-state index in [1.165, 1.54) is 7.11 Å². The third-order valence-corrected chi connectivity index (χ3v) is 4.03. The van der Waals surface area contributed by atoms with Crippen LogP contribution in [0.5, 0.6) is 0 Å². The summed E-state index contributed by atoms with van der Waals surface area (Å²) in [6.07, 6.45) is -1.56. The van der Waals surface area contributed by atoms with Gasteiger partial charge in [-0.1, -0.05) is 30.3 Å². The molecule has 0 saturated carbocycles. The van der Waals surface area contributed by atoms with Crippen LogP contribution >= 0.6 is 0 Å². The summed E-state index contributed by atoms with van der Waals surface area (Å²) in [6, 6.07) is 10.3. The highest BCUT2D eigenvalue weighted by Crippen LogP contribution is 2.20. The van der Waals surface area contributed by atoms with E-state index in [9.17, 15) is 19.6 Å². The van der Waals surface area contributed by atoms with Crippen LogP contribution in [0.1, 0.15) is 53.5 Å². The zero-order chi connectivity index (χ0) is 24.5. The zero-order valence-electron chi connectivity index (χ0n) is 19.8. The fourth-order valence-electron chi connectivity index (χ4n) is 2.78. The SMILES string of the molecule is COC(=O)C(C#N)C[C@@H](Cc1ccccc1)N(NC(=O)OC(C)(C)C)C(=O)OC(C)(C)C. The second kappa shape index (κ2) is 11.4. The highest BCUT2D eigenvalue weighted by molar-refractivity contribution is 5.76. The Morgan fingerprint density at radius 2 is 1.59 bits per heavy atom. The van der Waals surface area contributed by atoms with Gasteiger partial charge in [0.25, 0.3) is 0 Å². The topological polar surface area (TPSA) is 118 Å². The largest absolute Gasteiger partial charge is 0.468 e. The van der Waals surface area contributed by atoms with E-state index in [1.54, 1.807) is 41.5 Å². The quantitative estimate of drug-likeness (QED) is 0.398. The normalized spacial score (nSPS) is 13.2. The molecule has 9 nitrogen and oxygen atoms in total. The average Bonchev–Trinajstić information content (AvgIpc) is 2.66. The monoisotopic (exact) mass is 447 g/mol. The number of benzene rings is 1. The molecule has 32 heavy (non-hydrogen) atoms.